The number of halogens is 1. The molecule has 1 heterocycles. The monoisotopic (exact) mass is 462 g/mol. The van der Waals surface area contributed by atoms with Gasteiger partial charge in [0.15, 0.2) is 11.5 Å². The minimum absolute atomic E-state index is 0.227. The fraction of sp³-hybridized carbons (Fsp3) is 0.222. The Hall–Kier alpha value is -3.84. The molecule has 7 heteroatoms. The number of carboxylic acid groups (broad SMARTS) is 1. The van der Waals surface area contributed by atoms with E-state index in [0.717, 1.165) is 27.6 Å². The van der Waals surface area contributed by atoms with Crippen molar-refractivity contribution < 1.29 is 23.8 Å². The summed E-state index contributed by atoms with van der Waals surface area (Å²) in [5.74, 6) is -0.0348. The van der Waals surface area contributed by atoms with Gasteiger partial charge in [-0.1, -0.05) is 30.3 Å². The fourth-order valence-corrected chi connectivity index (χ4v) is 4.21. The lowest BCUT2D eigenvalue weighted by Crippen LogP contribution is -2.17. The Morgan fingerprint density at radius 3 is 2.32 bits per heavy atom. The van der Waals surface area contributed by atoms with Crippen molar-refractivity contribution in [3.8, 4) is 11.5 Å². The van der Waals surface area contributed by atoms with E-state index >= 15 is 0 Å². The molecule has 0 atom stereocenters. The molecule has 0 radical (unpaired) electrons. The lowest BCUT2D eigenvalue weighted by molar-refractivity contribution is 0.0684. The van der Waals surface area contributed by atoms with Crippen LogP contribution in [0.2, 0.25) is 0 Å². The summed E-state index contributed by atoms with van der Waals surface area (Å²) in [4.78, 5) is 12.4. The highest BCUT2D eigenvalue weighted by Gasteiger charge is 2.22. The van der Waals surface area contributed by atoms with Crippen molar-refractivity contribution in [1.29, 1.82) is 0 Å². The lowest BCUT2D eigenvalue weighted by Gasteiger charge is -2.11. The van der Waals surface area contributed by atoms with E-state index in [1.807, 2.05) is 43.3 Å². The predicted molar refractivity (Wildman–Crippen MR) is 129 cm³/mol. The van der Waals surface area contributed by atoms with Gasteiger partial charge < -0.3 is 24.5 Å². The first-order valence-corrected chi connectivity index (χ1v) is 10.9. The highest BCUT2D eigenvalue weighted by molar-refractivity contribution is 5.98. The van der Waals surface area contributed by atoms with Gasteiger partial charge in [-0.15, -0.1) is 0 Å². The number of benzene rings is 3. The largest absolute Gasteiger partial charge is 0.493 e. The zero-order chi connectivity index (χ0) is 24.2. The Labute approximate surface area is 197 Å². The van der Waals surface area contributed by atoms with Crippen LogP contribution in [0, 0.1) is 12.7 Å². The molecular formula is C27H27FN2O4. The van der Waals surface area contributed by atoms with E-state index in [9.17, 15) is 14.3 Å². The van der Waals surface area contributed by atoms with Crippen molar-refractivity contribution in [2.24, 2.45) is 0 Å². The Balaban J connectivity index is 1.67. The smallest absolute Gasteiger partial charge is 0.352 e. The summed E-state index contributed by atoms with van der Waals surface area (Å²) < 4.78 is 25.8. The molecule has 0 spiro atoms. The number of carbonyl (C=O) groups is 1. The number of aromatic carboxylic acids is 1. The third-order valence-corrected chi connectivity index (χ3v) is 5.86. The number of hydrogen-bond donors (Lipinski definition) is 2. The molecule has 4 rings (SSSR count). The molecule has 1 aromatic heterocycles. The molecule has 3 aromatic carbocycles. The minimum Gasteiger partial charge on any atom is -0.493 e. The average molecular weight is 463 g/mol. The molecule has 0 bridgehead atoms. The number of carboxylic acids is 1. The zero-order valence-corrected chi connectivity index (χ0v) is 19.4. The van der Waals surface area contributed by atoms with Crippen LogP contribution in [0.3, 0.4) is 0 Å². The first-order valence-electron chi connectivity index (χ1n) is 10.9. The fourth-order valence-electron chi connectivity index (χ4n) is 4.21. The third-order valence-electron chi connectivity index (χ3n) is 5.86. The highest BCUT2D eigenvalue weighted by Crippen LogP contribution is 2.30. The Kier molecular flexibility index (Phi) is 6.84. The molecule has 176 valence electrons. The first-order chi connectivity index (χ1) is 16.4. The minimum atomic E-state index is -1.00. The molecule has 0 aliphatic rings. The van der Waals surface area contributed by atoms with Crippen LogP contribution in [0.4, 0.5) is 4.39 Å². The van der Waals surface area contributed by atoms with E-state index in [2.05, 4.69) is 5.32 Å². The number of aromatic nitrogens is 1. The molecule has 0 saturated heterocycles. The van der Waals surface area contributed by atoms with Crippen molar-refractivity contribution in [2.45, 2.75) is 26.6 Å². The van der Waals surface area contributed by atoms with E-state index in [1.165, 1.54) is 12.1 Å². The van der Waals surface area contributed by atoms with Gasteiger partial charge in [0.25, 0.3) is 0 Å². The number of nitrogens with zero attached hydrogens (tertiary/aromatic N) is 1. The normalized spacial score (nSPS) is 11.1. The Bertz CT molecular complexity index is 1330. The molecule has 0 aliphatic heterocycles. The van der Waals surface area contributed by atoms with Crippen molar-refractivity contribution in [3.05, 3.63) is 94.4 Å². The summed E-state index contributed by atoms with van der Waals surface area (Å²) in [5.41, 5.74) is 4.62. The van der Waals surface area contributed by atoms with E-state index in [-0.39, 0.29) is 11.5 Å². The molecule has 0 unspecified atom stereocenters. The van der Waals surface area contributed by atoms with Gasteiger partial charge in [0.1, 0.15) is 11.5 Å². The quantitative estimate of drug-likeness (QED) is 0.360. The number of nitrogens with one attached hydrogen (secondary N) is 1. The Morgan fingerprint density at radius 2 is 1.65 bits per heavy atom. The van der Waals surface area contributed by atoms with Crippen LogP contribution < -0.4 is 14.8 Å². The van der Waals surface area contributed by atoms with Gasteiger partial charge in [-0.05, 0) is 53.9 Å². The standard InChI is InChI=1S/C27H27FN2O4/c1-17-4-10-21-22(15-29-14-19-7-11-24(33-2)25(13-19)34-3)26(27(31)32)30(23(21)12-17)16-18-5-8-20(28)9-6-18/h4-13,29H,14-16H2,1-3H3,(H,31,32). The van der Waals surface area contributed by atoms with E-state index < -0.39 is 5.97 Å². The molecule has 0 amide bonds. The maximum atomic E-state index is 13.4. The molecule has 0 fully saturated rings. The van der Waals surface area contributed by atoms with Crippen LogP contribution in [0.25, 0.3) is 10.9 Å². The second-order valence-electron chi connectivity index (χ2n) is 8.16. The van der Waals surface area contributed by atoms with Gasteiger partial charge >= 0.3 is 5.97 Å². The maximum Gasteiger partial charge on any atom is 0.352 e. The summed E-state index contributed by atoms with van der Waals surface area (Å²) in [6, 6.07) is 17.7. The molecule has 34 heavy (non-hydrogen) atoms. The number of rotatable bonds is 9. The SMILES string of the molecule is COc1ccc(CNCc2c(C(=O)O)n(Cc3ccc(F)cc3)c3cc(C)ccc23)cc1OC. The average Bonchev–Trinajstić information content (AvgIpc) is 3.12. The number of hydrogen-bond acceptors (Lipinski definition) is 4. The predicted octanol–water partition coefficient (Wildman–Crippen LogP) is 5.14. The van der Waals surface area contributed by atoms with E-state index in [4.69, 9.17) is 9.47 Å². The number of ether oxygens (including phenoxy) is 2. The Morgan fingerprint density at radius 1 is 0.941 bits per heavy atom. The molecule has 0 aliphatic carbocycles. The molecular weight excluding hydrogens is 435 g/mol. The molecule has 2 N–H and O–H groups in total. The topological polar surface area (TPSA) is 72.7 Å². The van der Waals surface area contributed by atoms with Gasteiger partial charge in [-0.25, -0.2) is 9.18 Å². The summed E-state index contributed by atoms with van der Waals surface area (Å²) in [6.07, 6.45) is 0. The lowest BCUT2D eigenvalue weighted by atomic mass is 10.1. The highest BCUT2D eigenvalue weighted by atomic mass is 19.1. The van der Waals surface area contributed by atoms with Crippen LogP contribution in [-0.4, -0.2) is 29.9 Å². The van der Waals surface area contributed by atoms with Crippen molar-refractivity contribution in [2.75, 3.05) is 14.2 Å². The number of fused-ring (bicyclic) bond motifs is 1. The number of aryl methyl sites for hydroxylation is 1. The molecule has 0 saturated carbocycles. The number of methoxy groups -OCH3 is 2. The maximum absolute atomic E-state index is 13.4. The van der Waals surface area contributed by atoms with Gasteiger partial charge in [0, 0.05) is 36.1 Å². The van der Waals surface area contributed by atoms with Gasteiger partial charge in [0.05, 0.1) is 14.2 Å². The van der Waals surface area contributed by atoms with Crippen LogP contribution in [0.5, 0.6) is 11.5 Å². The van der Waals surface area contributed by atoms with Crippen molar-refractivity contribution in [3.63, 3.8) is 0 Å². The van der Waals surface area contributed by atoms with E-state index in [0.29, 0.717) is 36.7 Å². The van der Waals surface area contributed by atoms with Crippen molar-refractivity contribution in [1.82, 2.24) is 9.88 Å². The summed E-state index contributed by atoms with van der Waals surface area (Å²) in [5, 5.41) is 14.4. The van der Waals surface area contributed by atoms with Crippen LogP contribution in [-0.2, 0) is 19.6 Å². The van der Waals surface area contributed by atoms with Crippen LogP contribution in [0.15, 0.2) is 60.7 Å². The second-order valence-corrected chi connectivity index (χ2v) is 8.16. The third kappa shape index (κ3) is 4.75. The summed E-state index contributed by atoms with van der Waals surface area (Å²) in [7, 11) is 3.18. The second kappa shape index (κ2) is 9.97. The van der Waals surface area contributed by atoms with Crippen molar-refractivity contribution >= 4 is 16.9 Å². The molecule has 4 aromatic rings. The first kappa shape index (κ1) is 23.3. The van der Waals surface area contributed by atoms with Gasteiger partial charge in [0.2, 0.25) is 0 Å². The van der Waals surface area contributed by atoms with Crippen LogP contribution >= 0.6 is 0 Å². The summed E-state index contributed by atoms with van der Waals surface area (Å²) >= 11 is 0. The van der Waals surface area contributed by atoms with Crippen LogP contribution in [0.1, 0.15) is 32.7 Å². The molecule has 6 nitrogen and oxygen atoms in total. The zero-order valence-electron chi connectivity index (χ0n) is 19.4. The van der Waals surface area contributed by atoms with Gasteiger partial charge in [-0.2, -0.15) is 0 Å². The van der Waals surface area contributed by atoms with Gasteiger partial charge in [-0.3, -0.25) is 0 Å². The summed E-state index contributed by atoms with van der Waals surface area (Å²) in [6.45, 7) is 3.20. The van der Waals surface area contributed by atoms with E-state index in [1.54, 1.807) is 30.9 Å².